The second-order valence-electron chi connectivity index (χ2n) is 5.38. The van der Waals surface area contributed by atoms with E-state index in [9.17, 15) is 9.50 Å². The largest absolute Gasteiger partial charge is 0.488 e. The smallest absolute Gasteiger partial charge is 0.165 e. The zero-order valence-electron chi connectivity index (χ0n) is 12.3. The van der Waals surface area contributed by atoms with Gasteiger partial charge in [-0.15, -0.1) is 0 Å². The molecule has 1 fully saturated rings. The average Bonchev–Trinajstić information content (AvgIpc) is 2.52. The fourth-order valence-corrected chi connectivity index (χ4v) is 2.37. The van der Waals surface area contributed by atoms with Crippen molar-refractivity contribution in [2.24, 2.45) is 0 Å². The fraction of sp³-hybridized carbons (Fsp3) is 0.625. The molecular formula is C16H24FNO3. The van der Waals surface area contributed by atoms with Crippen LogP contribution in [0.5, 0.6) is 5.75 Å². The van der Waals surface area contributed by atoms with Crippen LogP contribution < -0.4 is 10.1 Å². The van der Waals surface area contributed by atoms with Gasteiger partial charge in [0.15, 0.2) is 11.6 Å². The average molecular weight is 297 g/mol. The molecule has 2 atom stereocenters. The first-order valence-electron chi connectivity index (χ1n) is 7.63. The van der Waals surface area contributed by atoms with Gasteiger partial charge in [-0.2, -0.15) is 0 Å². The van der Waals surface area contributed by atoms with Crippen LogP contribution in [0.3, 0.4) is 0 Å². The predicted molar refractivity (Wildman–Crippen MR) is 79.0 cm³/mol. The lowest BCUT2D eigenvalue weighted by molar-refractivity contribution is 0.0109. The van der Waals surface area contributed by atoms with Crippen molar-refractivity contribution in [3.63, 3.8) is 0 Å². The summed E-state index contributed by atoms with van der Waals surface area (Å²) in [5.74, 6) is -0.237. The molecule has 1 aliphatic heterocycles. The van der Waals surface area contributed by atoms with Crippen molar-refractivity contribution >= 4 is 0 Å². The summed E-state index contributed by atoms with van der Waals surface area (Å²) in [6, 6.07) is 6.20. The number of aliphatic hydroxyl groups excluding tert-OH is 1. The number of hydrogen-bond donors (Lipinski definition) is 2. The van der Waals surface area contributed by atoms with E-state index < -0.39 is 11.9 Å². The summed E-state index contributed by atoms with van der Waals surface area (Å²) in [6.45, 7) is 2.18. The number of hydrogen-bond acceptors (Lipinski definition) is 4. The summed E-state index contributed by atoms with van der Waals surface area (Å²) in [4.78, 5) is 0. The van der Waals surface area contributed by atoms with Crippen LogP contribution in [0.15, 0.2) is 24.3 Å². The van der Waals surface area contributed by atoms with Gasteiger partial charge in [-0.05, 0) is 44.4 Å². The Hall–Kier alpha value is -1.17. The van der Waals surface area contributed by atoms with Crippen molar-refractivity contribution in [1.82, 2.24) is 5.32 Å². The Balaban J connectivity index is 1.55. The minimum absolute atomic E-state index is 0.0772. The summed E-state index contributed by atoms with van der Waals surface area (Å²) >= 11 is 0. The monoisotopic (exact) mass is 297 g/mol. The van der Waals surface area contributed by atoms with Crippen LogP contribution >= 0.6 is 0 Å². The third-order valence-corrected chi connectivity index (χ3v) is 3.56. The molecule has 1 aromatic rings. The molecule has 2 N–H and O–H groups in total. The standard InChI is InChI=1S/C16H24FNO3/c17-15-6-1-2-7-16(15)21-12-13(19)11-18-9-8-14-5-3-4-10-20-14/h1-2,6-7,13-14,18-19H,3-5,8-12H2. The number of rotatable bonds is 8. The van der Waals surface area contributed by atoms with Gasteiger partial charge in [0.05, 0.1) is 6.10 Å². The lowest BCUT2D eigenvalue weighted by atomic mass is 10.1. The first-order valence-corrected chi connectivity index (χ1v) is 7.63. The van der Waals surface area contributed by atoms with E-state index in [4.69, 9.17) is 9.47 Å². The molecule has 1 aromatic carbocycles. The summed E-state index contributed by atoms with van der Waals surface area (Å²) < 4.78 is 24.2. The van der Waals surface area contributed by atoms with E-state index in [1.165, 1.54) is 12.5 Å². The molecule has 0 amide bonds. The van der Waals surface area contributed by atoms with Gasteiger partial charge >= 0.3 is 0 Å². The van der Waals surface area contributed by atoms with Gasteiger partial charge in [0.1, 0.15) is 12.7 Å². The molecule has 2 unspecified atom stereocenters. The van der Waals surface area contributed by atoms with E-state index >= 15 is 0 Å². The predicted octanol–water partition coefficient (Wildman–Crippen LogP) is 2.11. The molecule has 4 nitrogen and oxygen atoms in total. The molecule has 1 aliphatic rings. The molecule has 0 saturated carbocycles. The van der Waals surface area contributed by atoms with E-state index in [-0.39, 0.29) is 12.4 Å². The summed E-state index contributed by atoms with van der Waals surface area (Å²) in [5.41, 5.74) is 0. The molecule has 2 rings (SSSR count). The van der Waals surface area contributed by atoms with Gasteiger partial charge in [-0.1, -0.05) is 12.1 Å². The first kappa shape index (κ1) is 16.2. The lowest BCUT2D eigenvalue weighted by Gasteiger charge is -2.22. The van der Waals surface area contributed by atoms with Crippen LogP contribution in [0, 0.1) is 5.82 Å². The molecule has 1 saturated heterocycles. The third-order valence-electron chi connectivity index (χ3n) is 3.56. The van der Waals surface area contributed by atoms with Crippen LogP contribution in [0.4, 0.5) is 4.39 Å². The highest BCUT2D eigenvalue weighted by atomic mass is 19.1. The highest BCUT2D eigenvalue weighted by Gasteiger charge is 2.13. The topological polar surface area (TPSA) is 50.7 Å². The number of aliphatic hydroxyl groups is 1. The van der Waals surface area contributed by atoms with Crippen LogP contribution in [-0.4, -0.2) is 43.6 Å². The molecular weight excluding hydrogens is 273 g/mol. The lowest BCUT2D eigenvalue weighted by Crippen LogP contribution is -2.33. The number of benzene rings is 1. The molecule has 118 valence electrons. The first-order chi connectivity index (χ1) is 10.3. The van der Waals surface area contributed by atoms with E-state index in [0.29, 0.717) is 12.6 Å². The molecule has 0 radical (unpaired) electrons. The van der Waals surface area contributed by atoms with Crippen molar-refractivity contribution in [2.45, 2.75) is 37.9 Å². The molecule has 0 aliphatic carbocycles. The van der Waals surface area contributed by atoms with Gasteiger partial charge in [-0.25, -0.2) is 4.39 Å². The van der Waals surface area contributed by atoms with Crippen LogP contribution in [0.1, 0.15) is 25.7 Å². The SMILES string of the molecule is OC(CNCCC1CCCCO1)COc1ccccc1F. The maximum Gasteiger partial charge on any atom is 0.165 e. The van der Waals surface area contributed by atoms with Crippen molar-refractivity contribution in [1.29, 1.82) is 0 Å². The van der Waals surface area contributed by atoms with E-state index in [1.807, 2.05) is 0 Å². The zero-order chi connectivity index (χ0) is 14.9. The Kier molecular flexibility index (Phi) is 6.92. The van der Waals surface area contributed by atoms with E-state index in [0.717, 1.165) is 32.4 Å². The summed E-state index contributed by atoms with van der Waals surface area (Å²) in [7, 11) is 0. The second-order valence-corrected chi connectivity index (χ2v) is 5.38. The van der Waals surface area contributed by atoms with E-state index in [1.54, 1.807) is 18.2 Å². The van der Waals surface area contributed by atoms with Crippen molar-refractivity contribution < 1.29 is 19.0 Å². The molecule has 21 heavy (non-hydrogen) atoms. The Morgan fingerprint density at radius 3 is 3.00 bits per heavy atom. The third kappa shape index (κ3) is 5.99. The molecule has 1 heterocycles. The zero-order valence-corrected chi connectivity index (χ0v) is 12.3. The number of ether oxygens (including phenoxy) is 2. The summed E-state index contributed by atoms with van der Waals surface area (Å²) in [5, 5.41) is 13.0. The Bertz CT molecular complexity index is 410. The van der Waals surface area contributed by atoms with Gasteiger partial charge in [0, 0.05) is 13.2 Å². The highest BCUT2D eigenvalue weighted by Crippen LogP contribution is 2.16. The molecule has 0 bridgehead atoms. The number of nitrogens with one attached hydrogen (secondary N) is 1. The Morgan fingerprint density at radius 1 is 1.38 bits per heavy atom. The molecule has 0 spiro atoms. The van der Waals surface area contributed by atoms with Gasteiger partial charge in [0.25, 0.3) is 0 Å². The maximum atomic E-state index is 13.3. The van der Waals surface area contributed by atoms with Gasteiger partial charge < -0.3 is 19.9 Å². The Labute approximate surface area is 125 Å². The van der Waals surface area contributed by atoms with Crippen LogP contribution in [0.2, 0.25) is 0 Å². The van der Waals surface area contributed by atoms with Crippen molar-refractivity contribution in [2.75, 3.05) is 26.3 Å². The van der Waals surface area contributed by atoms with Gasteiger partial charge in [0.2, 0.25) is 0 Å². The fourth-order valence-electron chi connectivity index (χ4n) is 2.37. The molecule has 5 heteroatoms. The van der Waals surface area contributed by atoms with Gasteiger partial charge in [-0.3, -0.25) is 0 Å². The van der Waals surface area contributed by atoms with E-state index in [2.05, 4.69) is 5.32 Å². The highest BCUT2D eigenvalue weighted by molar-refractivity contribution is 5.23. The van der Waals surface area contributed by atoms with Crippen LogP contribution in [0.25, 0.3) is 0 Å². The summed E-state index contributed by atoms with van der Waals surface area (Å²) in [6.07, 6.45) is 4.18. The minimum Gasteiger partial charge on any atom is -0.488 e. The molecule has 0 aromatic heterocycles. The van der Waals surface area contributed by atoms with Crippen LogP contribution in [-0.2, 0) is 4.74 Å². The number of para-hydroxylation sites is 1. The normalized spacial score (nSPS) is 20.2. The quantitative estimate of drug-likeness (QED) is 0.722. The van der Waals surface area contributed by atoms with Crippen molar-refractivity contribution in [3.05, 3.63) is 30.1 Å². The number of halogens is 1. The minimum atomic E-state index is -0.656. The second kappa shape index (κ2) is 8.97. The maximum absolute atomic E-state index is 13.3. The Morgan fingerprint density at radius 2 is 2.24 bits per heavy atom. The van der Waals surface area contributed by atoms with Crippen molar-refractivity contribution in [3.8, 4) is 5.75 Å².